The van der Waals surface area contributed by atoms with Crippen molar-refractivity contribution < 1.29 is 18.3 Å². The minimum Gasteiger partial charge on any atom is -0.481 e. The second kappa shape index (κ2) is 6.89. The van der Waals surface area contributed by atoms with E-state index in [-0.39, 0.29) is 23.4 Å². The van der Waals surface area contributed by atoms with Gasteiger partial charge >= 0.3 is 5.97 Å². The van der Waals surface area contributed by atoms with E-state index in [2.05, 4.69) is 0 Å². The van der Waals surface area contributed by atoms with E-state index in [1.165, 1.54) is 12.1 Å². The van der Waals surface area contributed by atoms with E-state index in [9.17, 15) is 18.3 Å². The highest BCUT2D eigenvalue weighted by atomic mass is 35.5. The first-order valence-electron chi connectivity index (χ1n) is 8.81. The Bertz CT molecular complexity index is 743. The molecule has 1 saturated carbocycles. The number of carboxylic acid groups (broad SMARTS) is 1. The zero-order valence-electron chi connectivity index (χ0n) is 14.3. The number of halogens is 1. The maximum absolute atomic E-state index is 13.4. The molecule has 3 rings (SSSR count). The Labute approximate surface area is 154 Å². The van der Waals surface area contributed by atoms with Crippen molar-refractivity contribution in [2.24, 2.45) is 5.41 Å². The molecule has 1 saturated heterocycles. The predicted molar refractivity (Wildman–Crippen MR) is 96.1 cm³/mol. The number of hydrogen-bond acceptors (Lipinski definition) is 3. The van der Waals surface area contributed by atoms with Crippen molar-refractivity contribution in [2.75, 3.05) is 0 Å². The van der Waals surface area contributed by atoms with E-state index in [0.29, 0.717) is 5.02 Å². The van der Waals surface area contributed by atoms with Gasteiger partial charge in [-0.1, -0.05) is 24.9 Å². The molecule has 0 radical (unpaired) electrons. The molecule has 0 unspecified atom stereocenters. The molecule has 0 bridgehead atoms. The van der Waals surface area contributed by atoms with Gasteiger partial charge in [0, 0.05) is 17.1 Å². The Kier molecular flexibility index (Phi) is 5.15. The number of rotatable bonds is 6. The van der Waals surface area contributed by atoms with Crippen LogP contribution in [0, 0.1) is 5.41 Å². The topological polar surface area (TPSA) is 74.7 Å². The van der Waals surface area contributed by atoms with Gasteiger partial charge in [0.2, 0.25) is 10.0 Å². The first-order valence-corrected chi connectivity index (χ1v) is 10.6. The molecular formula is C18H24ClNO4S. The molecule has 5 nitrogen and oxygen atoms in total. The molecule has 1 aromatic rings. The van der Waals surface area contributed by atoms with Crippen molar-refractivity contribution in [2.45, 2.75) is 68.8 Å². The zero-order chi connectivity index (χ0) is 18.2. The van der Waals surface area contributed by atoms with E-state index in [4.69, 9.17) is 11.6 Å². The maximum Gasteiger partial charge on any atom is 0.303 e. The highest BCUT2D eigenvalue weighted by Gasteiger charge is 2.56. The van der Waals surface area contributed by atoms with Gasteiger partial charge in [-0.2, -0.15) is 4.31 Å². The molecule has 2 atom stereocenters. The van der Waals surface area contributed by atoms with Gasteiger partial charge in [0.1, 0.15) is 0 Å². The molecule has 2 fully saturated rings. The largest absolute Gasteiger partial charge is 0.481 e. The molecule has 0 spiro atoms. The van der Waals surface area contributed by atoms with E-state index >= 15 is 0 Å². The molecule has 1 heterocycles. The number of hydrogen-bond donors (Lipinski definition) is 1. The summed E-state index contributed by atoms with van der Waals surface area (Å²) >= 11 is 5.90. The predicted octanol–water partition coefficient (Wildman–Crippen LogP) is 3.92. The molecule has 1 N–H and O–H groups in total. The monoisotopic (exact) mass is 385 g/mol. The summed E-state index contributed by atoms with van der Waals surface area (Å²) in [6.07, 6.45) is 4.84. The van der Waals surface area contributed by atoms with Crippen LogP contribution in [0.3, 0.4) is 0 Å². The molecule has 1 aliphatic heterocycles. The summed E-state index contributed by atoms with van der Waals surface area (Å²) in [6, 6.07) is 5.92. The van der Waals surface area contributed by atoms with Crippen molar-refractivity contribution in [3.8, 4) is 0 Å². The Hall–Kier alpha value is -1.11. The van der Waals surface area contributed by atoms with Crippen molar-refractivity contribution in [1.82, 2.24) is 4.31 Å². The highest BCUT2D eigenvalue weighted by molar-refractivity contribution is 7.89. The Morgan fingerprint density at radius 1 is 1.28 bits per heavy atom. The van der Waals surface area contributed by atoms with Crippen molar-refractivity contribution in [1.29, 1.82) is 0 Å². The third kappa shape index (κ3) is 3.57. The van der Waals surface area contributed by atoms with Crippen molar-refractivity contribution >= 4 is 27.6 Å². The summed E-state index contributed by atoms with van der Waals surface area (Å²) < 4.78 is 28.4. The van der Waals surface area contributed by atoms with Gasteiger partial charge < -0.3 is 5.11 Å². The van der Waals surface area contributed by atoms with Gasteiger partial charge in [-0.25, -0.2) is 8.42 Å². The van der Waals surface area contributed by atoms with Crippen LogP contribution in [0.4, 0.5) is 0 Å². The second-order valence-corrected chi connectivity index (χ2v) is 9.51. The van der Waals surface area contributed by atoms with Crippen LogP contribution < -0.4 is 0 Å². The average molecular weight is 386 g/mol. The number of benzene rings is 1. The fourth-order valence-corrected chi connectivity index (χ4v) is 6.36. The third-order valence-corrected chi connectivity index (χ3v) is 7.87. The van der Waals surface area contributed by atoms with Crippen LogP contribution in [0.1, 0.15) is 51.9 Å². The summed E-state index contributed by atoms with van der Waals surface area (Å²) in [7, 11) is -3.69. The lowest BCUT2D eigenvalue weighted by Gasteiger charge is -2.44. The summed E-state index contributed by atoms with van der Waals surface area (Å²) in [6.45, 7) is 1.99. The highest BCUT2D eigenvalue weighted by Crippen LogP contribution is 2.57. The van der Waals surface area contributed by atoms with Crippen LogP contribution in [0.2, 0.25) is 5.02 Å². The number of carboxylic acids is 1. The van der Waals surface area contributed by atoms with Gasteiger partial charge in [0.05, 0.1) is 11.3 Å². The van der Waals surface area contributed by atoms with Crippen LogP contribution in [0.5, 0.6) is 0 Å². The summed E-state index contributed by atoms with van der Waals surface area (Å²) in [4.78, 5) is 11.6. The molecule has 138 valence electrons. The number of carbonyl (C=O) groups is 1. The molecular weight excluding hydrogens is 362 g/mol. The van der Waals surface area contributed by atoms with Crippen LogP contribution >= 0.6 is 11.6 Å². The van der Waals surface area contributed by atoms with E-state index in [1.54, 1.807) is 16.4 Å². The molecule has 2 aliphatic rings. The van der Waals surface area contributed by atoms with Crippen molar-refractivity contribution in [3.63, 3.8) is 0 Å². The second-order valence-electron chi connectivity index (χ2n) is 7.23. The van der Waals surface area contributed by atoms with Crippen LogP contribution in [-0.4, -0.2) is 35.9 Å². The molecule has 1 aliphatic carbocycles. The Morgan fingerprint density at radius 2 is 1.92 bits per heavy atom. The number of sulfonamides is 1. The lowest BCUT2D eigenvalue weighted by molar-refractivity contribution is -0.139. The lowest BCUT2D eigenvalue weighted by atomic mass is 9.84. The Morgan fingerprint density at radius 3 is 2.44 bits per heavy atom. The van der Waals surface area contributed by atoms with E-state index in [1.807, 2.05) is 6.92 Å². The maximum atomic E-state index is 13.4. The van der Waals surface area contributed by atoms with Crippen LogP contribution in [-0.2, 0) is 14.8 Å². The summed E-state index contributed by atoms with van der Waals surface area (Å²) in [5.41, 5.74) is -0.404. The molecule has 0 amide bonds. The SMILES string of the molecule is CC[C@H]1CCC[C@@H](C2(CC(=O)O)CC2)N1S(=O)(=O)c1ccc(Cl)cc1. The number of piperidine rings is 1. The van der Waals surface area contributed by atoms with Gasteiger partial charge in [-0.3, -0.25) is 4.79 Å². The summed E-state index contributed by atoms with van der Waals surface area (Å²) in [5.74, 6) is -0.847. The van der Waals surface area contributed by atoms with Crippen molar-refractivity contribution in [3.05, 3.63) is 29.3 Å². The minimum absolute atomic E-state index is 0.0424. The normalized spacial score (nSPS) is 26.3. The van der Waals surface area contributed by atoms with Gasteiger partial charge in [0.25, 0.3) is 0 Å². The van der Waals surface area contributed by atoms with Gasteiger partial charge in [0.15, 0.2) is 0 Å². The number of nitrogens with zero attached hydrogens (tertiary/aromatic N) is 1. The quantitative estimate of drug-likeness (QED) is 0.805. The number of aliphatic carboxylic acids is 1. The molecule has 7 heteroatoms. The van der Waals surface area contributed by atoms with Gasteiger partial charge in [-0.15, -0.1) is 0 Å². The fourth-order valence-electron chi connectivity index (χ4n) is 4.20. The van der Waals surface area contributed by atoms with Crippen LogP contribution in [0.25, 0.3) is 0 Å². The molecule has 1 aromatic carbocycles. The van der Waals surface area contributed by atoms with Crippen LogP contribution in [0.15, 0.2) is 29.2 Å². The lowest BCUT2D eigenvalue weighted by Crippen LogP contribution is -2.53. The minimum atomic E-state index is -3.69. The first kappa shape index (κ1) is 18.7. The molecule has 0 aromatic heterocycles. The fraction of sp³-hybridized carbons (Fsp3) is 0.611. The molecule has 25 heavy (non-hydrogen) atoms. The zero-order valence-corrected chi connectivity index (χ0v) is 15.9. The standard InChI is InChI=1S/C18H24ClNO4S/c1-2-14-4-3-5-16(18(10-11-18)12-17(21)22)20(14)25(23,24)15-8-6-13(19)7-9-15/h6-9,14,16H,2-5,10-12H2,1H3,(H,21,22)/t14-,16-/m0/s1. The van der Waals surface area contributed by atoms with E-state index < -0.39 is 21.4 Å². The van der Waals surface area contributed by atoms with Gasteiger partial charge in [-0.05, 0) is 61.8 Å². The Balaban J connectivity index is 2.00. The third-order valence-electron chi connectivity index (χ3n) is 5.64. The first-order chi connectivity index (χ1) is 11.8. The van der Waals surface area contributed by atoms with E-state index in [0.717, 1.165) is 38.5 Å². The summed E-state index contributed by atoms with van der Waals surface area (Å²) in [5, 5.41) is 9.79. The smallest absolute Gasteiger partial charge is 0.303 e. The average Bonchev–Trinajstić information content (AvgIpc) is 3.34.